The lowest BCUT2D eigenvalue weighted by molar-refractivity contribution is 0.182. The number of nitrogens with zero attached hydrogens (tertiary/aromatic N) is 1. The van der Waals surface area contributed by atoms with Gasteiger partial charge in [0.1, 0.15) is 5.82 Å². The number of hydrogen-bond donors (Lipinski definition) is 1. The van der Waals surface area contributed by atoms with Crippen LogP contribution in [0.5, 0.6) is 0 Å². The number of nitrogens with one attached hydrogen (secondary N) is 1. The number of halogens is 1. The number of aromatic amines is 1. The van der Waals surface area contributed by atoms with Gasteiger partial charge in [0, 0.05) is 19.1 Å². The number of hydrogen-bond acceptors (Lipinski definition) is 2. The smallest absolute Gasteiger partial charge is 0.326 e. The highest BCUT2D eigenvalue weighted by Crippen LogP contribution is 2.18. The Morgan fingerprint density at radius 1 is 1.53 bits per heavy atom. The van der Waals surface area contributed by atoms with Crippen molar-refractivity contribution < 1.29 is 9.13 Å². The van der Waals surface area contributed by atoms with Crippen molar-refractivity contribution in [1.29, 1.82) is 0 Å². The molecular weight excluding hydrogens is 223 g/mol. The first-order chi connectivity index (χ1) is 8.24. The molecule has 4 nitrogen and oxygen atoms in total. The van der Waals surface area contributed by atoms with Crippen LogP contribution < -0.4 is 5.69 Å². The van der Waals surface area contributed by atoms with E-state index in [-0.39, 0.29) is 11.5 Å². The summed E-state index contributed by atoms with van der Waals surface area (Å²) < 4.78 is 20.1. The maximum absolute atomic E-state index is 13.2. The highest BCUT2D eigenvalue weighted by atomic mass is 19.1. The summed E-state index contributed by atoms with van der Waals surface area (Å²) in [7, 11) is 0. The van der Waals surface area contributed by atoms with Crippen molar-refractivity contribution in [2.45, 2.75) is 13.0 Å². The van der Waals surface area contributed by atoms with E-state index in [0.717, 1.165) is 13.0 Å². The highest BCUT2D eigenvalue weighted by molar-refractivity contribution is 5.75. The maximum Gasteiger partial charge on any atom is 0.326 e. The minimum absolute atomic E-state index is 0.183. The monoisotopic (exact) mass is 236 g/mol. The average Bonchev–Trinajstić information content (AvgIpc) is 2.90. The van der Waals surface area contributed by atoms with Crippen LogP contribution in [0.4, 0.5) is 4.39 Å². The van der Waals surface area contributed by atoms with Gasteiger partial charge >= 0.3 is 5.69 Å². The first-order valence-electron chi connectivity index (χ1n) is 5.70. The van der Waals surface area contributed by atoms with E-state index in [9.17, 15) is 9.18 Å². The van der Waals surface area contributed by atoms with Crippen LogP contribution in [-0.4, -0.2) is 22.8 Å². The number of fused-ring (bicyclic) bond motifs is 1. The van der Waals surface area contributed by atoms with Crippen molar-refractivity contribution >= 4 is 11.0 Å². The molecule has 0 aliphatic carbocycles. The summed E-state index contributed by atoms with van der Waals surface area (Å²) in [5.74, 6) is 0.0166. The Labute approximate surface area is 97.0 Å². The lowest BCUT2D eigenvalue weighted by Crippen LogP contribution is -2.21. The SMILES string of the molecule is O=c1[nH]c2ccc(F)cc2n1CC1CCOC1. The maximum atomic E-state index is 13.2. The van der Waals surface area contributed by atoms with Crippen LogP contribution in [0.3, 0.4) is 0 Å². The van der Waals surface area contributed by atoms with Crippen molar-refractivity contribution in [3.05, 3.63) is 34.5 Å². The zero-order valence-electron chi connectivity index (χ0n) is 9.28. The van der Waals surface area contributed by atoms with E-state index in [1.807, 2.05) is 0 Å². The summed E-state index contributed by atoms with van der Waals surface area (Å²) in [6, 6.07) is 4.33. The number of benzene rings is 1. The first-order valence-corrected chi connectivity index (χ1v) is 5.70. The van der Waals surface area contributed by atoms with Crippen molar-refractivity contribution in [1.82, 2.24) is 9.55 Å². The van der Waals surface area contributed by atoms with Gasteiger partial charge < -0.3 is 9.72 Å². The fourth-order valence-electron chi connectivity index (χ4n) is 2.29. The second kappa shape index (κ2) is 4.00. The molecule has 1 N–H and O–H groups in total. The lowest BCUT2D eigenvalue weighted by atomic mass is 10.1. The number of aromatic nitrogens is 2. The summed E-state index contributed by atoms with van der Waals surface area (Å²) in [6.07, 6.45) is 0.953. The zero-order valence-corrected chi connectivity index (χ0v) is 9.28. The molecule has 2 aromatic rings. The predicted octanol–water partition coefficient (Wildman–Crippen LogP) is 1.51. The molecule has 0 spiro atoms. The fraction of sp³-hybridized carbons (Fsp3) is 0.417. The van der Waals surface area contributed by atoms with Crippen molar-refractivity contribution in [2.75, 3.05) is 13.2 Å². The highest BCUT2D eigenvalue weighted by Gasteiger charge is 2.18. The topological polar surface area (TPSA) is 47.0 Å². The minimum Gasteiger partial charge on any atom is -0.381 e. The van der Waals surface area contributed by atoms with E-state index in [4.69, 9.17) is 4.74 Å². The van der Waals surface area contributed by atoms with Crippen molar-refractivity contribution in [3.63, 3.8) is 0 Å². The molecule has 0 amide bonds. The first kappa shape index (κ1) is 10.5. The molecule has 17 heavy (non-hydrogen) atoms. The molecule has 0 saturated carbocycles. The Morgan fingerprint density at radius 2 is 2.41 bits per heavy atom. The molecule has 1 atom stereocenters. The van der Waals surface area contributed by atoms with Gasteiger partial charge in [0.2, 0.25) is 0 Å². The molecule has 2 heterocycles. The van der Waals surface area contributed by atoms with Crippen LogP contribution in [-0.2, 0) is 11.3 Å². The third-order valence-electron chi connectivity index (χ3n) is 3.20. The van der Waals surface area contributed by atoms with Crippen LogP contribution in [0, 0.1) is 11.7 Å². The molecule has 1 aromatic carbocycles. The Bertz CT molecular complexity index is 596. The molecule has 1 saturated heterocycles. The van der Waals surface area contributed by atoms with E-state index in [1.165, 1.54) is 12.1 Å². The van der Waals surface area contributed by atoms with Crippen LogP contribution in [0.1, 0.15) is 6.42 Å². The molecule has 1 aromatic heterocycles. The molecule has 90 valence electrons. The molecule has 1 fully saturated rings. The van der Waals surface area contributed by atoms with E-state index in [0.29, 0.717) is 30.1 Å². The lowest BCUT2D eigenvalue weighted by Gasteiger charge is -2.08. The van der Waals surface area contributed by atoms with E-state index in [2.05, 4.69) is 4.98 Å². The summed E-state index contributed by atoms with van der Waals surface area (Å²) in [5, 5.41) is 0. The molecule has 3 rings (SSSR count). The van der Waals surface area contributed by atoms with Gasteiger partial charge in [-0.15, -0.1) is 0 Å². The molecule has 5 heteroatoms. The van der Waals surface area contributed by atoms with Crippen LogP contribution >= 0.6 is 0 Å². The zero-order chi connectivity index (χ0) is 11.8. The number of ether oxygens (including phenoxy) is 1. The Balaban J connectivity index is 2.04. The van der Waals surface area contributed by atoms with Gasteiger partial charge in [-0.1, -0.05) is 0 Å². The average molecular weight is 236 g/mol. The van der Waals surface area contributed by atoms with Crippen molar-refractivity contribution in [2.24, 2.45) is 5.92 Å². The molecule has 1 unspecified atom stereocenters. The molecule has 1 aliphatic heterocycles. The standard InChI is InChI=1S/C12H13FN2O2/c13-9-1-2-10-11(5-9)15(12(16)14-10)6-8-3-4-17-7-8/h1-2,5,8H,3-4,6-7H2,(H,14,16). The minimum atomic E-state index is -0.326. The third kappa shape index (κ3) is 1.86. The van der Waals surface area contributed by atoms with Gasteiger partial charge in [-0.05, 0) is 24.6 Å². The van der Waals surface area contributed by atoms with Crippen LogP contribution in [0.25, 0.3) is 11.0 Å². The summed E-state index contributed by atoms with van der Waals surface area (Å²) in [4.78, 5) is 14.5. The molecular formula is C12H13FN2O2. The third-order valence-corrected chi connectivity index (χ3v) is 3.20. The van der Waals surface area contributed by atoms with Crippen molar-refractivity contribution in [3.8, 4) is 0 Å². The van der Waals surface area contributed by atoms with Gasteiger partial charge in [0.15, 0.2) is 0 Å². The van der Waals surface area contributed by atoms with E-state index in [1.54, 1.807) is 10.6 Å². The second-order valence-electron chi connectivity index (χ2n) is 4.43. The van der Waals surface area contributed by atoms with Gasteiger partial charge in [-0.25, -0.2) is 9.18 Å². The van der Waals surface area contributed by atoms with Crippen LogP contribution in [0.2, 0.25) is 0 Å². The van der Waals surface area contributed by atoms with E-state index >= 15 is 0 Å². The predicted molar refractivity (Wildman–Crippen MR) is 61.4 cm³/mol. The number of imidazole rings is 1. The van der Waals surface area contributed by atoms with Gasteiger partial charge in [-0.3, -0.25) is 4.57 Å². The van der Waals surface area contributed by atoms with Gasteiger partial charge in [-0.2, -0.15) is 0 Å². The molecule has 1 aliphatic rings. The summed E-state index contributed by atoms with van der Waals surface area (Å²) in [6.45, 7) is 2.01. The summed E-state index contributed by atoms with van der Waals surface area (Å²) >= 11 is 0. The van der Waals surface area contributed by atoms with E-state index < -0.39 is 0 Å². The normalized spacial score (nSPS) is 20.2. The number of rotatable bonds is 2. The quantitative estimate of drug-likeness (QED) is 0.859. The fourth-order valence-corrected chi connectivity index (χ4v) is 2.29. The number of H-pyrrole nitrogens is 1. The Morgan fingerprint density at radius 3 is 3.18 bits per heavy atom. The second-order valence-corrected chi connectivity index (χ2v) is 4.43. The van der Waals surface area contributed by atoms with Gasteiger partial charge in [0.25, 0.3) is 0 Å². The Kier molecular flexibility index (Phi) is 2.48. The molecule has 0 bridgehead atoms. The Hall–Kier alpha value is -1.62. The van der Waals surface area contributed by atoms with Crippen LogP contribution in [0.15, 0.2) is 23.0 Å². The molecule has 0 radical (unpaired) electrons. The largest absolute Gasteiger partial charge is 0.381 e. The van der Waals surface area contributed by atoms with Gasteiger partial charge in [0.05, 0.1) is 17.6 Å². The summed E-state index contributed by atoms with van der Waals surface area (Å²) in [5.41, 5.74) is 1.12.